The smallest absolute Gasteiger partial charge is 0.307 e. The first kappa shape index (κ1) is 14.4. The number of carboxylic acids is 1. The Bertz CT molecular complexity index is 616. The van der Waals surface area contributed by atoms with E-state index in [1.165, 1.54) is 12.1 Å². The van der Waals surface area contributed by atoms with E-state index in [9.17, 15) is 19.7 Å². The van der Waals surface area contributed by atoms with Gasteiger partial charge in [-0.1, -0.05) is 0 Å². The van der Waals surface area contributed by atoms with Crippen LogP contribution in [0, 0.1) is 28.9 Å². The first-order valence-corrected chi connectivity index (χ1v) is 6.58. The second kappa shape index (κ2) is 5.20. The maximum Gasteiger partial charge on any atom is 0.307 e. The van der Waals surface area contributed by atoms with Crippen LogP contribution in [0.2, 0.25) is 0 Å². The third-order valence-corrected chi connectivity index (χ3v) is 3.84. The number of nitrogens with zero attached hydrogens (tertiary/aromatic N) is 1. The summed E-state index contributed by atoms with van der Waals surface area (Å²) in [6.07, 6.45) is 0.298. The summed E-state index contributed by atoms with van der Waals surface area (Å²) in [5, 5.41) is 22.2. The molecule has 7 nitrogen and oxygen atoms in total. The molecule has 0 aromatic heterocycles. The van der Waals surface area contributed by atoms with E-state index in [0.717, 1.165) is 0 Å². The lowest BCUT2D eigenvalue weighted by atomic mass is 10.2. The van der Waals surface area contributed by atoms with Gasteiger partial charge in [-0.2, -0.15) is 0 Å². The van der Waals surface area contributed by atoms with Crippen LogP contribution in [0.3, 0.4) is 0 Å². The number of halogens is 1. The van der Waals surface area contributed by atoms with Gasteiger partial charge in [0.25, 0.3) is 5.69 Å². The van der Waals surface area contributed by atoms with Gasteiger partial charge in [0.1, 0.15) is 0 Å². The van der Waals surface area contributed by atoms with Gasteiger partial charge in [-0.3, -0.25) is 19.7 Å². The van der Waals surface area contributed by atoms with Crippen molar-refractivity contribution in [3.8, 4) is 0 Å². The van der Waals surface area contributed by atoms with E-state index >= 15 is 0 Å². The van der Waals surface area contributed by atoms with Gasteiger partial charge in [0, 0.05) is 16.1 Å². The van der Waals surface area contributed by atoms with Gasteiger partial charge in [0.2, 0.25) is 5.91 Å². The van der Waals surface area contributed by atoms with Crippen molar-refractivity contribution in [2.45, 2.75) is 13.3 Å². The lowest BCUT2D eigenvalue weighted by Crippen LogP contribution is -2.17. The number of rotatable bonds is 4. The quantitative estimate of drug-likeness (QED) is 0.644. The van der Waals surface area contributed by atoms with Crippen molar-refractivity contribution < 1.29 is 19.6 Å². The van der Waals surface area contributed by atoms with E-state index in [2.05, 4.69) is 21.2 Å². The molecule has 0 saturated heterocycles. The number of hydrogen-bond acceptors (Lipinski definition) is 4. The van der Waals surface area contributed by atoms with E-state index in [-0.39, 0.29) is 11.4 Å². The van der Waals surface area contributed by atoms with Crippen molar-refractivity contribution in [1.82, 2.24) is 0 Å². The zero-order valence-electron chi connectivity index (χ0n) is 10.4. The number of nitro benzene ring substituents is 1. The molecule has 8 heteroatoms. The minimum atomic E-state index is -1.00. The van der Waals surface area contributed by atoms with E-state index in [1.807, 2.05) is 0 Å². The summed E-state index contributed by atoms with van der Waals surface area (Å²) in [4.78, 5) is 32.9. The molecular weight excluding hydrogens is 332 g/mol. The summed E-state index contributed by atoms with van der Waals surface area (Å²) >= 11 is 3.22. The molecule has 0 heterocycles. The van der Waals surface area contributed by atoms with Crippen molar-refractivity contribution in [2.24, 2.45) is 11.8 Å². The molecule has 1 amide bonds. The Morgan fingerprint density at radius 2 is 2.10 bits per heavy atom. The average molecular weight is 343 g/mol. The number of amides is 1. The molecule has 2 N–H and O–H groups in total. The monoisotopic (exact) mass is 342 g/mol. The maximum atomic E-state index is 11.8. The normalized spacial score (nSPS) is 20.3. The highest BCUT2D eigenvalue weighted by atomic mass is 79.9. The molecule has 0 aliphatic heterocycles. The summed E-state index contributed by atoms with van der Waals surface area (Å²) in [6.45, 7) is 1.59. The van der Waals surface area contributed by atoms with E-state index < -0.39 is 28.6 Å². The van der Waals surface area contributed by atoms with Gasteiger partial charge in [0.15, 0.2) is 0 Å². The van der Waals surface area contributed by atoms with Crippen molar-refractivity contribution in [3.63, 3.8) is 0 Å². The average Bonchev–Trinajstić information content (AvgIpc) is 3.12. The Labute approximate surface area is 122 Å². The van der Waals surface area contributed by atoms with E-state index in [1.54, 1.807) is 6.92 Å². The summed E-state index contributed by atoms with van der Waals surface area (Å²) in [7, 11) is 0. The Morgan fingerprint density at radius 3 is 2.60 bits per heavy atom. The molecule has 2 rings (SSSR count). The van der Waals surface area contributed by atoms with E-state index in [4.69, 9.17) is 5.11 Å². The number of carbonyl (C=O) groups is 2. The highest BCUT2D eigenvalue weighted by molar-refractivity contribution is 9.10. The lowest BCUT2D eigenvalue weighted by Gasteiger charge is -2.08. The van der Waals surface area contributed by atoms with Crippen LogP contribution in [0.4, 0.5) is 11.4 Å². The molecule has 2 unspecified atom stereocenters. The van der Waals surface area contributed by atoms with Crippen LogP contribution < -0.4 is 5.32 Å². The second-order valence-corrected chi connectivity index (χ2v) is 5.51. The molecular formula is C12H11BrN2O5. The minimum Gasteiger partial charge on any atom is -0.481 e. The maximum absolute atomic E-state index is 11.8. The van der Waals surface area contributed by atoms with Crippen LogP contribution in [-0.4, -0.2) is 21.9 Å². The number of anilines is 1. The molecule has 1 aromatic carbocycles. The Balaban J connectivity index is 2.18. The van der Waals surface area contributed by atoms with Crippen LogP contribution in [0.15, 0.2) is 16.6 Å². The number of aryl methyl sites for hydroxylation is 1. The van der Waals surface area contributed by atoms with Crippen molar-refractivity contribution >= 4 is 39.2 Å². The number of aliphatic carboxylic acids is 1. The SMILES string of the molecule is Cc1cc(Br)c(NC(=O)C2CC2C(=O)O)cc1[N+](=O)[O-]. The predicted octanol–water partition coefficient (Wildman–Crippen LogP) is 2.32. The summed E-state index contributed by atoms with van der Waals surface area (Å²) in [5.41, 5.74) is 0.632. The van der Waals surface area contributed by atoms with Crippen LogP contribution in [0.5, 0.6) is 0 Å². The molecule has 106 valence electrons. The summed E-state index contributed by atoms with van der Waals surface area (Å²) in [6, 6.07) is 2.80. The molecule has 0 radical (unpaired) electrons. The molecule has 20 heavy (non-hydrogen) atoms. The largest absolute Gasteiger partial charge is 0.481 e. The Kier molecular flexibility index (Phi) is 3.76. The topological polar surface area (TPSA) is 110 Å². The molecule has 1 saturated carbocycles. The van der Waals surface area contributed by atoms with Gasteiger partial charge in [-0.25, -0.2) is 0 Å². The molecule has 0 bridgehead atoms. The lowest BCUT2D eigenvalue weighted by molar-refractivity contribution is -0.385. The van der Waals surface area contributed by atoms with E-state index in [0.29, 0.717) is 16.5 Å². The second-order valence-electron chi connectivity index (χ2n) is 4.65. The molecule has 0 spiro atoms. The first-order valence-electron chi connectivity index (χ1n) is 5.79. The fraction of sp³-hybridized carbons (Fsp3) is 0.333. The number of carboxylic acid groups (broad SMARTS) is 1. The molecule has 1 aliphatic rings. The fourth-order valence-electron chi connectivity index (χ4n) is 1.94. The highest BCUT2D eigenvalue weighted by Gasteiger charge is 2.48. The molecule has 1 fully saturated rings. The van der Waals surface area contributed by atoms with Gasteiger partial charge in [-0.15, -0.1) is 0 Å². The van der Waals surface area contributed by atoms with Gasteiger partial charge in [0.05, 0.1) is 22.4 Å². The number of carbonyl (C=O) groups excluding carboxylic acids is 1. The summed E-state index contributed by atoms with van der Waals surface area (Å²) < 4.78 is 0.515. The highest BCUT2D eigenvalue weighted by Crippen LogP contribution is 2.40. The zero-order chi connectivity index (χ0) is 15.0. The van der Waals surface area contributed by atoms with Crippen LogP contribution in [0.1, 0.15) is 12.0 Å². The molecule has 1 aromatic rings. The van der Waals surface area contributed by atoms with Crippen molar-refractivity contribution in [3.05, 3.63) is 32.3 Å². The number of nitrogens with one attached hydrogen (secondary N) is 1. The Hall–Kier alpha value is -1.96. The van der Waals surface area contributed by atoms with Gasteiger partial charge in [-0.05, 0) is 35.3 Å². The van der Waals surface area contributed by atoms with Gasteiger partial charge >= 0.3 is 5.97 Å². The van der Waals surface area contributed by atoms with Crippen molar-refractivity contribution in [1.29, 1.82) is 0 Å². The fourth-order valence-corrected chi connectivity index (χ4v) is 2.49. The molecule has 2 atom stereocenters. The predicted molar refractivity (Wildman–Crippen MR) is 73.4 cm³/mol. The minimum absolute atomic E-state index is 0.103. The van der Waals surface area contributed by atoms with Crippen LogP contribution in [0.25, 0.3) is 0 Å². The number of benzene rings is 1. The van der Waals surface area contributed by atoms with Crippen LogP contribution in [-0.2, 0) is 9.59 Å². The third kappa shape index (κ3) is 2.79. The number of hydrogen-bond donors (Lipinski definition) is 2. The zero-order valence-corrected chi connectivity index (χ0v) is 12.0. The van der Waals surface area contributed by atoms with Crippen molar-refractivity contribution in [2.75, 3.05) is 5.32 Å². The number of nitro groups is 1. The van der Waals surface area contributed by atoms with Crippen LogP contribution >= 0.6 is 15.9 Å². The summed E-state index contributed by atoms with van der Waals surface area (Å²) in [5.74, 6) is -2.66. The van der Waals surface area contributed by atoms with Gasteiger partial charge < -0.3 is 10.4 Å². The third-order valence-electron chi connectivity index (χ3n) is 3.18. The standard InChI is InChI=1S/C12H11BrN2O5/c1-5-2-8(13)9(4-10(5)15(19)20)14-11(16)6-3-7(6)12(17)18/h2,4,6-7H,3H2,1H3,(H,14,16)(H,17,18). The first-order chi connectivity index (χ1) is 9.31. The molecule has 1 aliphatic carbocycles. The Morgan fingerprint density at radius 1 is 1.45 bits per heavy atom.